The highest BCUT2D eigenvalue weighted by Crippen LogP contribution is 2.31. The molecule has 0 bridgehead atoms. The maximum absolute atomic E-state index is 13.0. The lowest BCUT2D eigenvalue weighted by atomic mass is 9.94. The number of urea groups is 2. The summed E-state index contributed by atoms with van der Waals surface area (Å²) in [5.41, 5.74) is 2.45. The molecule has 2 aliphatic rings. The number of hydrogen-bond acceptors (Lipinski definition) is 6. The minimum atomic E-state index is -0.555. The molecule has 2 aromatic rings. The number of carbonyl (C=O) groups excluding carboxylic acids is 4. The number of ketones is 1. The molecule has 32 heavy (non-hydrogen) atoms. The first-order valence-corrected chi connectivity index (χ1v) is 11.5. The van der Waals surface area contributed by atoms with Gasteiger partial charge in [-0.2, -0.15) is 0 Å². The molecule has 1 aliphatic carbocycles. The van der Waals surface area contributed by atoms with Crippen molar-refractivity contribution in [3.63, 3.8) is 0 Å². The number of imide groups is 1. The number of amides is 5. The highest BCUT2D eigenvalue weighted by molar-refractivity contribution is 7.13. The predicted molar refractivity (Wildman–Crippen MR) is 121 cm³/mol. The van der Waals surface area contributed by atoms with Gasteiger partial charge in [-0.05, 0) is 38.8 Å². The first kappa shape index (κ1) is 21.9. The third-order valence-corrected chi connectivity index (χ3v) is 6.54. The first-order chi connectivity index (χ1) is 15.3. The van der Waals surface area contributed by atoms with Gasteiger partial charge in [0.25, 0.3) is 5.91 Å². The second-order valence-corrected chi connectivity index (χ2v) is 9.07. The van der Waals surface area contributed by atoms with Gasteiger partial charge < -0.3 is 10.6 Å². The fourth-order valence-corrected chi connectivity index (χ4v) is 4.73. The van der Waals surface area contributed by atoms with Gasteiger partial charge in [-0.3, -0.25) is 19.8 Å². The molecular formula is C22H25N5O4S. The van der Waals surface area contributed by atoms with Crippen LogP contribution in [0.5, 0.6) is 0 Å². The number of aromatic nitrogens is 1. The van der Waals surface area contributed by atoms with E-state index >= 15 is 0 Å². The van der Waals surface area contributed by atoms with Crippen LogP contribution < -0.4 is 16.0 Å². The van der Waals surface area contributed by atoms with Crippen molar-refractivity contribution in [2.75, 3.05) is 10.6 Å². The Morgan fingerprint density at radius 1 is 1.22 bits per heavy atom. The number of carbonyl (C=O) groups is 4. The Kier molecular flexibility index (Phi) is 6.22. The van der Waals surface area contributed by atoms with Crippen molar-refractivity contribution >= 4 is 45.9 Å². The minimum Gasteiger partial charge on any atom is -0.326 e. The maximum atomic E-state index is 13.0. The number of Topliss-reactive ketones (excluding diaryl/α,β-unsaturated/α-hetero) is 1. The van der Waals surface area contributed by atoms with Crippen molar-refractivity contribution in [3.05, 3.63) is 40.4 Å². The van der Waals surface area contributed by atoms with Crippen LogP contribution in [-0.2, 0) is 11.3 Å². The van der Waals surface area contributed by atoms with Crippen LogP contribution in [0.25, 0.3) is 0 Å². The molecule has 0 radical (unpaired) electrons. The van der Waals surface area contributed by atoms with E-state index in [9.17, 15) is 19.2 Å². The zero-order valence-corrected chi connectivity index (χ0v) is 18.8. The number of nitrogens with zero attached hydrogens (tertiary/aromatic N) is 2. The Morgan fingerprint density at radius 2 is 1.97 bits per heavy atom. The van der Waals surface area contributed by atoms with Gasteiger partial charge in [0.2, 0.25) is 0 Å². The fourth-order valence-electron chi connectivity index (χ4n) is 4.04. The van der Waals surface area contributed by atoms with Crippen molar-refractivity contribution in [1.82, 2.24) is 15.2 Å². The average Bonchev–Trinajstić information content (AvgIpc) is 3.48. The van der Waals surface area contributed by atoms with Crippen LogP contribution in [0.3, 0.4) is 0 Å². The highest BCUT2D eigenvalue weighted by Gasteiger charge is 2.35. The lowest BCUT2D eigenvalue weighted by molar-refractivity contribution is -0.127. The van der Waals surface area contributed by atoms with Gasteiger partial charge in [0.1, 0.15) is 6.04 Å². The minimum absolute atomic E-state index is 0.00940. The fraction of sp³-hybridized carbons (Fsp3) is 0.409. The van der Waals surface area contributed by atoms with Crippen LogP contribution in [0.1, 0.15) is 54.2 Å². The standard InChI is InChI=1S/C22H25N5O4S/c1-12-7-8-17(16(9-12)18(28)14-5-3-4-6-14)25-20(30)26-21-24-15(11-32-21)10-27-19(29)13(2)23-22(27)31/h7-9,11,13-14H,3-6,10H2,1-2H3,(H,23,31)(H2,24,25,26,30). The number of anilines is 2. The smallest absolute Gasteiger partial charge is 0.325 e. The van der Waals surface area contributed by atoms with Crippen LogP contribution in [0.4, 0.5) is 20.4 Å². The molecule has 168 valence electrons. The first-order valence-electron chi connectivity index (χ1n) is 10.6. The summed E-state index contributed by atoms with van der Waals surface area (Å²) < 4.78 is 0. The normalized spacial score (nSPS) is 18.7. The molecule has 5 amide bonds. The van der Waals surface area contributed by atoms with E-state index in [0.717, 1.165) is 36.1 Å². The molecule has 1 atom stereocenters. The lowest BCUT2D eigenvalue weighted by Crippen LogP contribution is -2.30. The Labute approximate surface area is 189 Å². The van der Waals surface area contributed by atoms with Gasteiger partial charge in [-0.25, -0.2) is 14.6 Å². The van der Waals surface area contributed by atoms with E-state index in [1.807, 2.05) is 19.1 Å². The van der Waals surface area contributed by atoms with E-state index in [-0.39, 0.29) is 24.2 Å². The van der Waals surface area contributed by atoms with Crippen molar-refractivity contribution in [2.24, 2.45) is 5.92 Å². The van der Waals surface area contributed by atoms with E-state index in [0.29, 0.717) is 22.1 Å². The summed E-state index contributed by atoms with van der Waals surface area (Å²) in [6.07, 6.45) is 3.89. The van der Waals surface area contributed by atoms with Gasteiger partial charge >= 0.3 is 12.1 Å². The molecule has 10 heteroatoms. The maximum Gasteiger partial charge on any atom is 0.325 e. The molecule has 2 fully saturated rings. The summed E-state index contributed by atoms with van der Waals surface area (Å²) in [5, 5.41) is 9.97. The SMILES string of the molecule is Cc1ccc(NC(=O)Nc2nc(CN3C(=O)NC(C)C3=O)cs2)c(C(=O)C2CCCC2)c1. The van der Waals surface area contributed by atoms with Gasteiger partial charge in [0.15, 0.2) is 10.9 Å². The Hall–Kier alpha value is -3.27. The van der Waals surface area contributed by atoms with E-state index in [4.69, 9.17) is 0 Å². The second kappa shape index (κ2) is 9.07. The summed E-state index contributed by atoms with van der Waals surface area (Å²) in [6.45, 7) is 3.57. The number of aryl methyl sites for hydroxylation is 1. The van der Waals surface area contributed by atoms with Crippen molar-refractivity contribution in [2.45, 2.75) is 52.1 Å². The zero-order valence-electron chi connectivity index (χ0n) is 17.9. The van der Waals surface area contributed by atoms with Crippen LogP contribution >= 0.6 is 11.3 Å². The van der Waals surface area contributed by atoms with E-state index < -0.39 is 18.1 Å². The lowest BCUT2D eigenvalue weighted by Gasteiger charge is -2.14. The number of hydrogen-bond donors (Lipinski definition) is 3. The number of benzene rings is 1. The van der Waals surface area contributed by atoms with Crippen molar-refractivity contribution < 1.29 is 19.2 Å². The van der Waals surface area contributed by atoms with E-state index in [1.54, 1.807) is 18.4 Å². The van der Waals surface area contributed by atoms with Crippen molar-refractivity contribution in [3.8, 4) is 0 Å². The monoisotopic (exact) mass is 455 g/mol. The Balaban J connectivity index is 1.41. The van der Waals surface area contributed by atoms with Crippen molar-refractivity contribution in [1.29, 1.82) is 0 Å². The third kappa shape index (κ3) is 4.64. The van der Waals surface area contributed by atoms with E-state index in [1.165, 1.54) is 11.3 Å². The third-order valence-electron chi connectivity index (χ3n) is 5.73. The Bertz CT molecular complexity index is 1080. The second-order valence-electron chi connectivity index (χ2n) is 8.21. The molecule has 9 nitrogen and oxygen atoms in total. The molecule has 4 rings (SSSR count). The summed E-state index contributed by atoms with van der Waals surface area (Å²) in [5.74, 6) is -0.231. The average molecular weight is 456 g/mol. The van der Waals surface area contributed by atoms with Crippen LogP contribution in [0.2, 0.25) is 0 Å². The van der Waals surface area contributed by atoms with Gasteiger partial charge in [0.05, 0.1) is 17.9 Å². The summed E-state index contributed by atoms with van der Waals surface area (Å²) in [4.78, 5) is 54.8. The summed E-state index contributed by atoms with van der Waals surface area (Å²) in [7, 11) is 0. The molecular weight excluding hydrogens is 430 g/mol. The molecule has 1 aromatic heterocycles. The van der Waals surface area contributed by atoms with Gasteiger partial charge in [0, 0.05) is 16.9 Å². The molecule has 1 saturated heterocycles. The quantitative estimate of drug-likeness (QED) is 0.451. The van der Waals surface area contributed by atoms with Crippen LogP contribution in [0, 0.1) is 12.8 Å². The largest absolute Gasteiger partial charge is 0.326 e. The molecule has 0 spiro atoms. The van der Waals surface area contributed by atoms with E-state index in [2.05, 4.69) is 20.9 Å². The van der Waals surface area contributed by atoms with Gasteiger partial charge in [-0.1, -0.05) is 24.5 Å². The number of thiazole rings is 1. The number of rotatable bonds is 6. The predicted octanol–water partition coefficient (Wildman–Crippen LogP) is 3.91. The summed E-state index contributed by atoms with van der Waals surface area (Å²) in [6, 6.07) is 3.88. The number of nitrogens with one attached hydrogen (secondary N) is 3. The molecule has 1 saturated carbocycles. The van der Waals surface area contributed by atoms with Gasteiger partial charge in [-0.15, -0.1) is 11.3 Å². The Morgan fingerprint density at radius 3 is 2.66 bits per heavy atom. The highest BCUT2D eigenvalue weighted by atomic mass is 32.1. The molecule has 2 heterocycles. The molecule has 1 unspecified atom stereocenters. The van der Waals surface area contributed by atoms with Crippen LogP contribution in [0.15, 0.2) is 23.6 Å². The molecule has 1 aromatic carbocycles. The summed E-state index contributed by atoms with van der Waals surface area (Å²) >= 11 is 1.19. The topological polar surface area (TPSA) is 120 Å². The molecule has 1 aliphatic heterocycles. The molecule has 3 N–H and O–H groups in total. The van der Waals surface area contributed by atoms with Crippen LogP contribution in [-0.4, -0.2) is 39.7 Å². The zero-order chi connectivity index (χ0) is 22.8.